The van der Waals surface area contributed by atoms with Crippen LogP contribution in [-0.2, 0) is 4.79 Å². The van der Waals surface area contributed by atoms with Crippen molar-refractivity contribution in [1.29, 1.82) is 0 Å². The van der Waals surface area contributed by atoms with E-state index in [1.54, 1.807) is 40.7 Å². The van der Waals surface area contributed by atoms with Gasteiger partial charge in [-0.15, -0.1) is 0 Å². The molecule has 0 fully saturated rings. The minimum absolute atomic E-state index is 0.197. The predicted molar refractivity (Wildman–Crippen MR) is 72.5 cm³/mol. The molecule has 1 rings (SSSR count). The summed E-state index contributed by atoms with van der Waals surface area (Å²) in [6.45, 7) is 8.94. The number of amides is 1. The number of anilines is 1. The lowest BCUT2D eigenvalue weighted by Crippen LogP contribution is -2.53. The molecule has 0 spiro atoms. The molecule has 0 aromatic carbocycles. The van der Waals surface area contributed by atoms with Gasteiger partial charge in [0.1, 0.15) is 5.15 Å². The third kappa shape index (κ3) is 3.17. The Balaban J connectivity index is 2.95. The number of aryl methyl sites for hydroxylation is 1. The Morgan fingerprint density at radius 2 is 1.89 bits per heavy atom. The van der Waals surface area contributed by atoms with Crippen LogP contribution in [0.1, 0.15) is 33.4 Å². The molecule has 0 atom stereocenters. The number of hydrogen-bond acceptors (Lipinski definition) is 4. The zero-order valence-corrected chi connectivity index (χ0v) is 12.1. The Morgan fingerprint density at radius 1 is 1.33 bits per heavy atom. The molecule has 1 amide bonds. The van der Waals surface area contributed by atoms with Crippen molar-refractivity contribution < 1.29 is 4.79 Å². The normalized spacial score (nSPS) is 12.4. The van der Waals surface area contributed by atoms with Gasteiger partial charge in [0.25, 0.3) is 0 Å². The summed E-state index contributed by atoms with van der Waals surface area (Å²) < 4.78 is 0. The Bertz CT molecular complexity index is 445. The number of carbonyl (C=O) groups excluding carboxylic acids is 1. The highest BCUT2D eigenvalue weighted by Crippen LogP contribution is 2.29. The van der Waals surface area contributed by atoms with Gasteiger partial charge in [0, 0.05) is 11.2 Å². The molecule has 1 aromatic rings. The van der Waals surface area contributed by atoms with Gasteiger partial charge in [0.05, 0.1) is 5.41 Å². The summed E-state index contributed by atoms with van der Waals surface area (Å²) in [4.78, 5) is 20.2. The minimum atomic E-state index is -0.757. The van der Waals surface area contributed by atoms with Crippen LogP contribution in [0.15, 0.2) is 6.07 Å². The van der Waals surface area contributed by atoms with E-state index in [2.05, 4.69) is 15.3 Å². The highest BCUT2D eigenvalue weighted by molar-refractivity contribution is 6.29. The first kappa shape index (κ1) is 14.9. The molecule has 0 saturated carbocycles. The maximum atomic E-state index is 12.2. The van der Waals surface area contributed by atoms with Crippen molar-refractivity contribution in [3.63, 3.8) is 0 Å². The standard InChI is InChI=1S/C12H19ClN4O/c1-7-6-8(13)16-10(15-7)17-9(18)11(2,3)12(4,5)14/h6H,14H2,1-5H3,(H,15,16,17,18). The summed E-state index contributed by atoms with van der Waals surface area (Å²) in [5.74, 6) is -0.0426. The van der Waals surface area contributed by atoms with Crippen molar-refractivity contribution in [2.75, 3.05) is 5.32 Å². The number of nitrogens with zero attached hydrogens (tertiary/aromatic N) is 2. The fraction of sp³-hybridized carbons (Fsp3) is 0.583. The van der Waals surface area contributed by atoms with Crippen LogP contribution in [0.25, 0.3) is 0 Å². The summed E-state index contributed by atoms with van der Waals surface area (Å²) in [6.07, 6.45) is 0. The van der Waals surface area contributed by atoms with Gasteiger partial charge in [-0.2, -0.15) is 0 Å². The maximum absolute atomic E-state index is 12.2. The van der Waals surface area contributed by atoms with Crippen molar-refractivity contribution in [2.24, 2.45) is 11.1 Å². The van der Waals surface area contributed by atoms with Crippen LogP contribution in [0.2, 0.25) is 5.15 Å². The lowest BCUT2D eigenvalue weighted by atomic mass is 9.74. The maximum Gasteiger partial charge on any atom is 0.234 e. The average molecular weight is 271 g/mol. The molecule has 0 aliphatic rings. The van der Waals surface area contributed by atoms with Gasteiger partial charge in [-0.05, 0) is 40.7 Å². The molecule has 3 N–H and O–H groups in total. The molecule has 0 aliphatic carbocycles. The van der Waals surface area contributed by atoms with E-state index in [1.165, 1.54) is 0 Å². The highest BCUT2D eigenvalue weighted by Gasteiger charge is 2.40. The zero-order valence-electron chi connectivity index (χ0n) is 11.3. The molecule has 0 unspecified atom stereocenters. The summed E-state index contributed by atoms with van der Waals surface area (Å²) in [7, 11) is 0. The van der Waals surface area contributed by atoms with E-state index in [0.29, 0.717) is 10.8 Å². The monoisotopic (exact) mass is 270 g/mol. The number of nitrogens with one attached hydrogen (secondary N) is 1. The van der Waals surface area contributed by atoms with E-state index in [1.807, 2.05) is 0 Å². The zero-order chi connectivity index (χ0) is 14.1. The lowest BCUT2D eigenvalue weighted by molar-refractivity contribution is -0.126. The third-order valence-electron chi connectivity index (χ3n) is 3.23. The first-order valence-electron chi connectivity index (χ1n) is 5.65. The van der Waals surface area contributed by atoms with Gasteiger partial charge in [0.2, 0.25) is 11.9 Å². The predicted octanol–water partition coefficient (Wildman–Crippen LogP) is 2.14. The molecule has 0 saturated heterocycles. The lowest BCUT2D eigenvalue weighted by Gasteiger charge is -2.36. The molecule has 1 aromatic heterocycles. The Kier molecular flexibility index (Phi) is 3.98. The number of aromatic nitrogens is 2. The van der Waals surface area contributed by atoms with Gasteiger partial charge in [-0.3, -0.25) is 10.1 Å². The minimum Gasteiger partial charge on any atom is -0.325 e. The van der Waals surface area contributed by atoms with E-state index in [9.17, 15) is 4.79 Å². The summed E-state index contributed by atoms with van der Waals surface area (Å²) in [5.41, 5.74) is 5.27. The van der Waals surface area contributed by atoms with Crippen molar-refractivity contribution in [1.82, 2.24) is 9.97 Å². The number of rotatable bonds is 3. The van der Waals surface area contributed by atoms with Crippen molar-refractivity contribution in [3.8, 4) is 0 Å². The number of nitrogens with two attached hydrogens (primary N) is 1. The van der Waals surface area contributed by atoms with E-state index in [-0.39, 0.29) is 11.9 Å². The van der Waals surface area contributed by atoms with Crippen LogP contribution in [0, 0.1) is 12.3 Å². The van der Waals surface area contributed by atoms with Crippen LogP contribution in [0.5, 0.6) is 0 Å². The first-order chi connectivity index (χ1) is 8.04. The summed E-state index contributed by atoms with van der Waals surface area (Å²) in [5, 5.41) is 2.94. The molecular weight excluding hydrogens is 252 g/mol. The quantitative estimate of drug-likeness (QED) is 0.825. The molecule has 18 heavy (non-hydrogen) atoms. The Labute approximate surface area is 112 Å². The van der Waals surface area contributed by atoms with Crippen molar-refractivity contribution in [3.05, 3.63) is 16.9 Å². The molecule has 5 nitrogen and oxygen atoms in total. The van der Waals surface area contributed by atoms with Gasteiger partial charge >= 0.3 is 0 Å². The largest absolute Gasteiger partial charge is 0.325 e. The number of halogens is 1. The van der Waals surface area contributed by atoms with Gasteiger partial charge in [-0.25, -0.2) is 9.97 Å². The molecule has 100 valence electrons. The second-order valence-electron chi connectivity index (χ2n) is 5.46. The summed E-state index contributed by atoms with van der Waals surface area (Å²) >= 11 is 5.81. The van der Waals surface area contributed by atoms with Crippen LogP contribution < -0.4 is 11.1 Å². The number of carbonyl (C=O) groups is 1. The van der Waals surface area contributed by atoms with Crippen molar-refractivity contribution in [2.45, 2.75) is 40.2 Å². The van der Waals surface area contributed by atoms with Crippen molar-refractivity contribution >= 4 is 23.5 Å². The van der Waals surface area contributed by atoms with E-state index >= 15 is 0 Å². The van der Waals surface area contributed by atoms with Crippen LogP contribution in [-0.4, -0.2) is 21.4 Å². The molecule has 6 heteroatoms. The second kappa shape index (κ2) is 4.82. The first-order valence-corrected chi connectivity index (χ1v) is 6.03. The molecular formula is C12H19ClN4O. The van der Waals surface area contributed by atoms with E-state index in [4.69, 9.17) is 17.3 Å². The average Bonchev–Trinajstić information content (AvgIpc) is 2.13. The topological polar surface area (TPSA) is 80.9 Å². The SMILES string of the molecule is Cc1cc(Cl)nc(NC(=O)C(C)(C)C(C)(C)N)n1. The molecule has 0 radical (unpaired) electrons. The van der Waals surface area contributed by atoms with E-state index in [0.717, 1.165) is 0 Å². The van der Waals surface area contributed by atoms with Crippen LogP contribution >= 0.6 is 11.6 Å². The Hall–Kier alpha value is -1.20. The third-order valence-corrected chi connectivity index (χ3v) is 3.42. The van der Waals surface area contributed by atoms with Crippen LogP contribution in [0.4, 0.5) is 5.95 Å². The van der Waals surface area contributed by atoms with E-state index < -0.39 is 11.0 Å². The van der Waals surface area contributed by atoms with Crippen LogP contribution in [0.3, 0.4) is 0 Å². The van der Waals surface area contributed by atoms with Gasteiger partial charge in [0.15, 0.2) is 0 Å². The fourth-order valence-electron chi connectivity index (χ4n) is 1.14. The second-order valence-corrected chi connectivity index (χ2v) is 5.84. The fourth-order valence-corrected chi connectivity index (χ4v) is 1.37. The smallest absolute Gasteiger partial charge is 0.234 e. The van der Waals surface area contributed by atoms with Gasteiger partial charge < -0.3 is 5.73 Å². The number of hydrogen-bond donors (Lipinski definition) is 2. The molecule has 1 heterocycles. The Morgan fingerprint density at radius 3 is 2.33 bits per heavy atom. The highest BCUT2D eigenvalue weighted by atomic mass is 35.5. The van der Waals surface area contributed by atoms with Gasteiger partial charge in [-0.1, -0.05) is 11.6 Å². The summed E-state index contributed by atoms with van der Waals surface area (Å²) in [6, 6.07) is 1.62. The molecule has 0 bridgehead atoms. The molecule has 0 aliphatic heterocycles.